The van der Waals surface area contributed by atoms with E-state index in [0.717, 1.165) is 27.6 Å². The molecule has 3 aliphatic heterocycles. The van der Waals surface area contributed by atoms with Gasteiger partial charge in [0, 0.05) is 22.6 Å². The molecule has 7 rings (SSSR count). The number of nitrogens with zero attached hydrogens (tertiary/aromatic N) is 2. The molecule has 8 heteroatoms. The van der Waals surface area contributed by atoms with Crippen molar-refractivity contribution in [3.8, 4) is 22.9 Å². The molecule has 3 aliphatic rings. The third-order valence-electron chi connectivity index (χ3n) is 7.52. The molecule has 0 saturated carbocycles. The normalized spacial score (nSPS) is 19.1. The van der Waals surface area contributed by atoms with Crippen LogP contribution in [-0.2, 0) is 34.7 Å². The van der Waals surface area contributed by atoms with Crippen molar-refractivity contribution in [2.24, 2.45) is 0 Å². The smallest absolute Gasteiger partial charge is 0.343 e. The number of hydrogen-bond donors (Lipinski definition) is 1. The van der Waals surface area contributed by atoms with E-state index in [1.807, 2.05) is 30.3 Å². The Morgan fingerprint density at radius 1 is 1.03 bits per heavy atom. The Morgan fingerprint density at radius 3 is 2.58 bits per heavy atom. The summed E-state index contributed by atoms with van der Waals surface area (Å²) in [5.74, 6) is 0.568. The number of aromatic nitrogens is 2. The Bertz CT molecular complexity index is 1660. The molecule has 2 aromatic carbocycles. The van der Waals surface area contributed by atoms with Gasteiger partial charge >= 0.3 is 5.97 Å². The van der Waals surface area contributed by atoms with Gasteiger partial charge in [-0.1, -0.05) is 37.3 Å². The summed E-state index contributed by atoms with van der Waals surface area (Å²) in [6.07, 6.45) is 0.743. The molecule has 0 spiro atoms. The second-order valence-electron chi connectivity index (χ2n) is 9.41. The number of cyclic esters (lactones) is 1. The molecule has 5 heterocycles. The van der Waals surface area contributed by atoms with Crippen molar-refractivity contribution in [1.82, 2.24) is 9.55 Å². The van der Waals surface area contributed by atoms with Gasteiger partial charge in [-0.2, -0.15) is 0 Å². The van der Waals surface area contributed by atoms with Crippen LogP contribution in [0.3, 0.4) is 0 Å². The Kier molecular flexibility index (Phi) is 4.35. The van der Waals surface area contributed by atoms with Gasteiger partial charge < -0.3 is 23.9 Å². The number of esters is 1. The fourth-order valence-corrected chi connectivity index (χ4v) is 5.55. The molecule has 1 atom stereocenters. The molecule has 0 unspecified atom stereocenters. The lowest BCUT2D eigenvalue weighted by Gasteiger charge is -2.31. The Hall–Kier alpha value is -4.17. The van der Waals surface area contributed by atoms with E-state index < -0.39 is 11.6 Å². The average molecular weight is 482 g/mol. The maximum absolute atomic E-state index is 13.6. The van der Waals surface area contributed by atoms with E-state index in [2.05, 4.69) is 12.1 Å². The second-order valence-corrected chi connectivity index (χ2v) is 9.41. The van der Waals surface area contributed by atoms with E-state index in [9.17, 15) is 14.7 Å². The zero-order valence-corrected chi connectivity index (χ0v) is 19.5. The van der Waals surface area contributed by atoms with Crippen LogP contribution in [0.15, 0.2) is 53.3 Å². The number of rotatable bonds is 3. The van der Waals surface area contributed by atoms with E-state index in [1.165, 1.54) is 0 Å². The molecule has 0 aliphatic carbocycles. The van der Waals surface area contributed by atoms with E-state index in [4.69, 9.17) is 19.2 Å². The van der Waals surface area contributed by atoms with Crippen molar-refractivity contribution in [3.63, 3.8) is 0 Å². The molecule has 0 bridgehead atoms. The first-order valence-corrected chi connectivity index (χ1v) is 11.9. The topological polar surface area (TPSA) is 99.9 Å². The second kappa shape index (κ2) is 7.41. The fourth-order valence-electron chi connectivity index (χ4n) is 5.55. The highest BCUT2D eigenvalue weighted by Crippen LogP contribution is 2.43. The molecule has 0 amide bonds. The largest absolute Gasteiger partial charge is 0.458 e. The van der Waals surface area contributed by atoms with E-state index in [1.54, 1.807) is 17.6 Å². The molecular weight excluding hydrogens is 460 g/mol. The van der Waals surface area contributed by atoms with Crippen LogP contribution in [0.2, 0.25) is 0 Å². The highest BCUT2D eigenvalue weighted by atomic mass is 16.7. The first-order valence-electron chi connectivity index (χ1n) is 11.9. The van der Waals surface area contributed by atoms with Crippen LogP contribution in [0, 0.1) is 0 Å². The fraction of sp³-hybridized carbons (Fsp3) is 0.250. The van der Waals surface area contributed by atoms with Crippen LogP contribution in [-0.4, -0.2) is 27.4 Å². The standard InChI is InChI=1S/C28H22N2O6/c1-2-28(33)20-10-22-25-18(12-30(22)26(31)19(20)13-34-27(28)32)16(8-15-6-4-3-5-7-15)17-9-23-24(36-14-35-23)11-21(17)29-25/h3-7,9-11,33H,2,8,12-14H2,1H3/t28-/m0/s1. The highest BCUT2D eigenvalue weighted by molar-refractivity contribution is 5.91. The van der Waals surface area contributed by atoms with Crippen molar-refractivity contribution in [2.45, 2.75) is 38.5 Å². The molecular formula is C28H22N2O6. The Morgan fingerprint density at radius 2 is 1.81 bits per heavy atom. The van der Waals surface area contributed by atoms with Gasteiger partial charge in [-0.25, -0.2) is 9.78 Å². The number of ether oxygens (including phenoxy) is 3. The summed E-state index contributed by atoms with van der Waals surface area (Å²) < 4.78 is 18.1. The van der Waals surface area contributed by atoms with Crippen LogP contribution < -0.4 is 15.0 Å². The monoisotopic (exact) mass is 482 g/mol. The minimum absolute atomic E-state index is 0.0997. The molecule has 1 N–H and O–H groups in total. The predicted octanol–water partition coefficient (Wildman–Crippen LogP) is 3.40. The maximum Gasteiger partial charge on any atom is 0.343 e. The first kappa shape index (κ1) is 21.1. The summed E-state index contributed by atoms with van der Waals surface area (Å²) >= 11 is 0. The average Bonchev–Trinajstić information content (AvgIpc) is 3.50. The minimum atomic E-state index is -1.86. The number of aliphatic hydroxyl groups is 1. The molecule has 0 fully saturated rings. The third-order valence-corrected chi connectivity index (χ3v) is 7.52. The van der Waals surface area contributed by atoms with Gasteiger partial charge in [0.2, 0.25) is 6.79 Å². The van der Waals surface area contributed by atoms with Crippen molar-refractivity contribution in [1.29, 1.82) is 0 Å². The zero-order valence-electron chi connectivity index (χ0n) is 19.5. The summed E-state index contributed by atoms with van der Waals surface area (Å²) in [6.45, 7) is 2.05. The first-order chi connectivity index (χ1) is 17.5. The Balaban J connectivity index is 1.51. The number of carbonyl (C=O) groups is 1. The lowest BCUT2D eigenvalue weighted by Crippen LogP contribution is -2.44. The third kappa shape index (κ3) is 2.82. The van der Waals surface area contributed by atoms with E-state index in [-0.39, 0.29) is 25.4 Å². The van der Waals surface area contributed by atoms with Crippen LogP contribution in [0.5, 0.6) is 11.5 Å². The predicted molar refractivity (Wildman–Crippen MR) is 130 cm³/mol. The van der Waals surface area contributed by atoms with Crippen molar-refractivity contribution in [2.75, 3.05) is 6.79 Å². The number of hydrogen-bond acceptors (Lipinski definition) is 7. The van der Waals surface area contributed by atoms with E-state index in [0.29, 0.717) is 47.0 Å². The molecule has 0 saturated heterocycles. The minimum Gasteiger partial charge on any atom is -0.458 e. The molecule has 4 aromatic rings. The zero-order chi connectivity index (χ0) is 24.6. The highest BCUT2D eigenvalue weighted by Gasteiger charge is 2.45. The summed E-state index contributed by atoms with van der Waals surface area (Å²) in [6, 6.07) is 15.7. The Labute approximate surface area is 205 Å². The molecule has 0 radical (unpaired) electrons. The van der Waals surface area contributed by atoms with Gasteiger partial charge in [-0.05, 0) is 36.1 Å². The lowest BCUT2D eigenvalue weighted by atomic mass is 9.86. The van der Waals surface area contributed by atoms with Crippen molar-refractivity contribution in [3.05, 3.63) is 86.7 Å². The summed E-state index contributed by atoms with van der Waals surface area (Å²) in [4.78, 5) is 31.1. The SMILES string of the molecule is CC[C@@]1(O)C(=O)OCc2c1cc1n(c2=O)Cc2c-1nc1cc3c(cc1c2Cc1ccccc1)OCO3. The van der Waals surface area contributed by atoms with Crippen molar-refractivity contribution >= 4 is 16.9 Å². The van der Waals surface area contributed by atoms with Crippen molar-refractivity contribution < 1.29 is 24.1 Å². The van der Waals surface area contributed by atoms with Crippen LogP contribution in [0.4, 0.5) is 0 Å². The molecule has 2 aromatic heterocycles. The van der Waals surface area contributed by atoms with Gasteiger partial charge in [-0.15, -0.1) is 0 Å². The lowest BCUT2D eigenvalue weighted by molar-refractivity contribution is -0.172. The number of carbonyl (C=O) groups excluding carboxylic acids is 1. The van der Waals surface area contributed by atoms with E-state index >= 15 is 0 Å². The number of fused-ring (bicyclic) bond motifs is 6. The molecule has 180 valence electrons. The summed E-state index contributed by atoms with van der Waals surface area (Å²) in [7, 11) is 0. The van der Waals surface area contributed by atoms with Crippen LogP contribution in [0.1, 0.15) is 41.2 Å². The van der Waals surface area contributed by atoms with Gasteiger partial charge in [0.15, 0.2) is 17.1 Å². The molecule has 36 heavy (non-hydrogen) atoms. The van der Waals surface area contributed by atoms with Gasteiger partial charge in [-0.3, -0.25) is 4.79 Å². The number of pyridine rings is 2. The van der Waals surface area contributed by atoms with Gasteiger partial charge in [0.05, 0.1) is 29.0 Å². The quantitative estimate of drug-likeness (QED) is 0.394. The molecule has 8 nitrogen and oxygen atoms in total. The summed E-state index contributed by atoms with van der Waals surface area (Å²) in [5, 5.41) is 12.1. The van der Waals surface area contributed by atoms with Crippen LogP contribution in [0.25, 0.3) is 22.3 Å². The van der Waals surface area contributed by atoms with Gasteiger partial charge in [0.1, 0.15) is 6.61 Å². The summed E-state index contributed by atoms with van der Waals surface area (Å²) in [5.41, 5.74) is 3.60. The van der Waals surface area contributed by atoms with Crippen LogP contribution >= 0.6 is 0 Å². The maximum atomic E-state index is 13.6. The number of benzene rings is 2. The van der Waals surface area contributed by atoms with Gasteiger partial charge in [0.25, 0.3) is 5.56 Å².